The van der Waals surface area contributed by atoms with E-state index in [4.69, 9.17) is 0 Å². The minimum absolute atomic E-state index is 0.349. The van der Waals surface area contributed by atoms with Crippen LogP contribution in [0.15, 0.2) is 12.5 Å². The molecule has 2 aromatic rings. The summed E-state index contributed by atoms with van der Waals surface area (Å²) in [4.78, 5) is 16.1. The SMILES string of the molecule is CC1(C)CCCC1c1nc2ncncc2[nH]1. The second kappa shape index (κ2) is 3.27. The number of hydrogen-bond donors (Lipinski definition) is 1. The second-order valence-corrected chi connectivity index (χ2v) is 5.32. The fourth-order valence-electron chi connectivity index (χ4n) is 2.78. The predicted octanol–water partition coefficient (Wildman–Crippen LogP) is 2.65. The zero-order chi connectivity index (χ0) is 11.2. The van der Waals surface area contributed by atoms with Gasteiger partial charge < -0.3 is 4.98 Å². The van der Waals surface area contributed by atoms with Crippen LogP contribution < -0.4 is 0 Å². The molecule has 0 aromatic carbocycles. The molecule has 0 bridgehead atoms. The summed E-state index contributed by atoms with van der Waals surface area (Å²) < 4.78 is 0. The average Bonchev–Trinajstić information content (AvgIpc) is 2.79. The first-order valence-electron chi connectivity index (χ1n) is 5.82. The van der Waals surface area contributed by atoms with Gasteiger partial charge in [-0.1, -0.05) is 20.3 Å². The highest BCUT2D eigenvalue weighted by Crippen LogP contribution is 2.47. The lowest BCUT2D eigenvalue weighted by atomic mass is 9.81. The van der Waals surface area contributed by atoms with Crippen LogP contribution in [0.2, 0.25) is 0 Å². The van der Waals surface area contributed by atoms with E-state index < -0.39 is 0 Å². The van der Waals surface area contributed by atoms with E-state index in [1.165, 1.54) is 19.3 Å². The van der Waals surface area contributed by atoms with Crippen LogP contribution in [0, 0.1) is 5.41 Å². The molecular weight excluding hydrogens is 200 g/mol. The van der Waals surface area contributed by atoms with Gasteiger partial charge in [0.05, 0.1) is 6.20 Å². The topological polar surface area (TPSA) is 54.5 Å². The van der Waals surface area contributed by atoms with Crippen LogP contribution in [0.4, 0.5) is 0 Å². The normalized spacial score (nSPS) is 24.0. The number of rotatable bonds is 1. The molecule has 1 unspecified atom stereocenters. The first-order chi connectivity index (χ1) is 7.67. The number of hydrogen-bond acceptors (Lipinski definition) is 3. The first-order valence-corrected chi connectivity index (χ1v) is 5.82. The van der Waals surface area contributed by atoms with E-state index in [2.05, 4.69) is 33.8 Å². The summed E-state index contributed by atoms with van der Waals surface area (Å²) in [7, 11) is 0. The van der Waals surface area contributed by atoms with Gasteiger partial charge in [-0.15, -0.1) is 0 Å². The Kier molecular flexibility index (Phi) is 1.99. The van der Waals surface area contributed by atoms with Gasteiger partial charge in [0.1, 0.15) is 17.7 Å². The van der Waals surface area contributed by atoms with Crippen molar-refractivity contribution in [1.82, 2.24) is 19.9 Å². The van der Waals surface area contributed by atoms with E-state index in [9.17, 15) is 0 Å². The lowest BCUT2D eigenvalue weighted by molar-refractivity contribution is 0.323. The van der Waals surface area contributed by atoms with Crippen LogP contribution in [0.1, 0.15) is 44.9 Å². The van der Waals surface area contributed by atoms with Gasteiger partial charge in [-0.05, 0) is 18.3 Å². The molecular formula is C12H16N4. The van der Waals surface area contributed by atoms with Gasteiger partial charge in [-0.2, -0.15) is 0 Å². The van der Waals surface area contributed by atoms with E-state index in [0.717, 1.165) is 17.0 Å². The van der Waals surface area contributed by atoms with Crippen LogP contribution in [0.5, 0.6) is 0 Å². The fourth-order valence-corrected chi connectivity index (χ4v) is 2.78. The van der Waals surface area contributed by atoms with Gasteiger partial charge in [0.25, 0.3) is 0 Å². The van der Waals surface area contributed by atoms with Crippen LogP contribution in [-0.4, -0.2) is 19.9 Å². The molecule has 2 heterocycles. The Morgan fingerprint density at radius 1 is 1.44 bits per heavy atom. The minimum Gasteiger partial charge on any atom is -0.339 e. The van der Waals surface area contributed by atoms with E-state index in [-0.39, 0.29) is 0 Å². The molecule has 4 heteroatoms. The Bertz CT molecular complexity index is 481. The van der Waals surface area contributed by atoms with Crippen LogP contribution in [-0.2, 0) is 0 Å². The zero-order valence-corrected chi connectivity index (χ0v) is 9.70. The fraction of sp³-hybridized carbons (Fsp3) is 0.583. The Hall–Kier alpha value is -1.45. The maximum Gasteiger partial charge on any atom is 0.180 e. The Morgan fingerprint density at radius 2 is 2.31 bits per heavy atom. The maximum absolute atomic E-state index is 4.58. The van der Waals surface area contributed by atoms with Gasteiger partial charge in [-0.3, -0.25) is 0 Å². The van der Waals surface area contributed by atoms with Crippen molar-refractivity contribution >= 4 is 11.2 Å². The molecule has 1 aliphatic carbocycles. The number of aromatic nitrogens is 4. The number of fused-ring (bicyclic) bond motifs is 1. The highest BCUT2D eigenvalue weighted by atomic mass is 15.0. The standard InChI is InChI=1S/C12H16N4/c1-12(2)5-3-4-8(12)10-15-9-6-13-7-14-11(9)16-10/h6-8H,3-5H2,1-2H3,(H,13,14,15,16). The van der Waals surface area contributed by atoms with E-state index in [1.807, 2.05) is 0 Å². The van der Waals surface area contributed by atoms with Gasteiger partial charge in [0.2, 0.25) is 0 Å². The molecule has 0 spiro atoms. The summed E-state index contributed by atoms with van der Waals surface area (Å²) in [5.41, 5.74) is 2.08. The lowest BCUT2D eigenvalue weighted by Crippen LogP contribution is -2.16. The Balaban J connectivity index is 2.06. The number of H-pyrrole nitrogens is 1. The van der Waals surface area contributed by atoms with Crippen molar-refractivity contribution in [2.24, 2.45) is 5.41 Å². The van der Waals surface area contributed by atoms with E-state index >= 15 is 0 Å². The molecule has 1 saturated carbocycles. The van der Waals surface area contributed by atoms with Crippen LogP contribution >= 0.6 is 0 Å². The number of aromatic amines is 1. The molecule has 0 aliphatic heterocycles. The van der Waals surface area contributed by atoms with E-state index in [1.54, 1.807) is 12.5 Å². The zero-order valence-electron chi connectivity index (χ0n) is 9.70. The molecule has 4 nitrogen and oxygen atoms in total. The molecule has 1 atom stereocenters. The molecule has 0 radical (unpaired) electrons. The summed E-state index contributed by atoms with van der Waals surface area (Å²) in [6.07, 6.45) is 7.13. The third kappa shape index (κ3) is 1.40. The molecule has 3 rings (SSSR count). The summed E-state index contributed by atoms with van der Waals surface area (Å²) >= 11 is 0. The molecule has 1 fully saturated rings. The molecule has 84 valence electrons. The first kappa shape index (κ1) is 9.75. The molecule has 1 aliphatic rings. The van der Waals surface area contributed by atoms with Crippen molar-refractivity contribution in [2.75, 3.05) is 0 Å². The van der Waals surface area contributed by atoms with Crippen molar-refractivity contribution in [2.45, 2.75) is 39.0 Å². The summed E-state index contributed by atoms with van der Waals surface area (Å²) in [5, 5.41) is 0. The Morgan fingerprint density at radius 3 is 3.00 bits per heavy atom. The van der Waals surface area contributed by atoms with E-state index in [0.29, 0.717) is 11.3 Å². The van der Waals surface area contributed by atoms with Crippen molar-refractivity contribution in [3.63, 3.8) is 0 Å². The van der Waals surface area contributed by atoms with Crippen molar-refractivity contribution in [3.8, 4) is 0 Å². The van der Waals surface area contributed by atoms with Gasteiger partial charge in [0.15, 0.2) is 5.65 Å². The van der Waals surface area contributed by atoms with Crippen molar-refractivity contribution in [3.05, 3.63) is 18.3 Å². The number of nitrogens with zero attached hydrogens (tertiary/aromatic N) is 3. The average molecular weight is 216 g/mol. The quantitative estimate of drug-likeness (QED) is 0.797. The van der Waals surface area contributed by atoms with Gasteiger partial charge in [0, 0.05) is 5.92 Å². The second-order valence-electron chi connectivity index (χ2n) is 5.32. The van der Waals surface area contributed by atoms with Crippen LogP contribution in [0.3, 0.4) is 0 Å². The molecule has 0 saturated heterocycles. The summed E-state index contributed by atoms with van der Waals surface area (Å²) in [6, 6.07) is 0. The van der Waals surface area contributed by atoms with Gasteiger partial charge >= 0.3 is 0 Å². The third-order valence-corrected chi connectivity index (χ3v) is 3.77. The lowest BCUT2D eigenvalue weighted by Gasteiger charge is -2.24. The van der Waals surface area contributed by atoms with Crippen molar-refractivity contribution < 1.29 is 0 Å². The molecule has 1 N–H and O–H groups in total. The largest absolute Gasteiger partial charge is 0.339 e. The molecule has 16 heavy (non-hydrogen) atoms. The smallest absolute Gasteiger partial charge is 0.180 e. The van der Waals surface area contributed by atoms with Gasteiger partial charge in [-0.25, -0.2) is 15.0 Å². The summed E-state index contributed by atoms with van der Waals surface area (Å²) in [6.45, 7) is 4.65. The summed E-state index contributed by atoms with van der Waals surface area (Å²) in [5.74, 6) is 1.61. The number of imidazole rings is 1. The Labute approximate surface area is 94.5 Å². The molecule has 0 amide bonds. The highest BCUT2D eigenvalue weighted by Gasteiger charge is 2.37. The predicted molar refractivity (Wildman–Crippen MR) is 62.1 cm³/mol. The number of nitrogens with one attached hydrogen (secondary N) is 1. The van der Waals surface area contributed by atoms with Crippen molar-refractivity contribution in [1.29, 1.82) is 0 Å². The maximum atomic E-state index is 4.58. The molecule has 2 aromatic heterocycles. The minimum atomic E-state index is 0.349. The third-order valence-electron chi connectivity index (χ3n) is 3.77. The monoisotopic (exact) mass is 216 g/mol. The van der Waals surface area contributed by atoms with Crippen LogP contribution in [0.25, 0.3) is 11.2 Å². The highest BCUT2D eigenvalue weighted by molar-refractivity contribution is 5.68.